The third-order valence-corrected chi connectivity index (χ3v) is 14.0. The van der Waals surface area contributed by atoms with Crippen molar-refractivity contribution in [3.05, 3.63) is 247 Å². The average molecular weight is 862 g/mol. The molecule has 67 heavy (non-hydrogen) atoms. The van der Waals surface area contributed by atoms with E-state index in [-0.39, 0.29) is 5.41 Å². The molecule has 5 heteroatoms. The zero-order valence-electron chi connectivity index (χ0n) is 37.1. The summed E-state index contributed by atoms with van der Waals surface area (Å²) in [6.45, 7) is 0. The number of benzene rings is 8. The Morgan fingerprint density at radius 1 is 0.328 bits per heavy atom. The number of aromatic nitrogens is 5. The van der Waals surface area contributed by atoms with Crippen molar-refractivity contribution in [2.45, 2.75) is 37.0 Å². The molecule has 2 heterocycles. The van der Waals surface area contributed by atoms with E-state index in [0.717, 1.165) is 68.7 Å². The van der Waals surface area contributed by atoms with Gasteiger partial charge < -0.3 is 0 Å². The molecule has 8 aromatic carbocycles. The summed E-state index contributed by atoms with van der Waals surface area (Å²) in [5.74, 6) is 3.47. The molecule has 2 atom stereocenters. The average Bonchev–Trinajstić information content (AvgIpc) is 3.73. The van der Waals surface area contributed by atoms with Crippen molar-refractivity contribution in [3.8, 4) is 79.2 Å². The number of fused-ring (bicyclic) bond motifs is 3. The molecule has 12 rings (SSSR count). The van der Waals surface area contributed by atoms with Crippen LogP contribution in [0.5, 0.6) is 0 Å². The highest BCUT2D eigenvalue weighted by atomic mass is 15.0. The summed E-state index contributed by atoms with van der Waals surface area (Å²) < 4.78 is 0. The van der Waals surface area contributed by atoms with Crippen molar-refractivity contribution in [2.75, 3.05) is 0 Å². The SMILES string of the molecule is c1ccc(-c2cc(-c3cccc(-c4cccc(-c5nc(-c6ccccc6)nc(-c6cccc7c6C6CCCCC6C7(c6ccccc6)c6ccccc6)n5)c4)c3)nc(-c3ccccc3)n2)cc1. The van der Waals surface area contributed by atoms with Gasteiger partial charge in [-0.2, -0.15) is 0 Å². The number of nitrogens with zero attached hydrogens (tertiary/aromatic N) is 5. The van der Waals surface area contributed by atoms with Gasteiger partial charge in [-0.3, -0.25) is 0 Å². The fourth-order valence-corrected chi connectivity index (χ4v) is 11.1. The highest BCUT2D eigenvalue weighted by Crippen LogP contribution is 2.63. The maximum absolute atomic E-state index is 5.45. The first-order chi connectivity index (χ1) is 33.2. The molecule has 0 spiro atoms. The Kier molecular flexibility index (Phi) is 10.4. The summed E-state index contributed by atoms with van der Waals surface area (Å²) in [5, 5.41) is 0. The van der Waals surface area contributed by atoms with Crippen LogP contribution in [0.4, 0.5) is 0 Å². The van der Waals surface area contributed by atoms with E-state index < -0.39 is 0 Å². The number of hydrogen-bond acceptors (Lipinski definition) is 5. The highest BCUT2D eigenvalue weighted by Gasteiger charge is 2.55. The van der Waals surface area contributed by atoms with Gasteiger partial charge in [0.05, 0.1) is 11.4 Å². The quantitative estimate of drug-likeness (QED) is 0.145. The molecule has 5 nitrogen and oxygen atoms in total. The van der Waals surface area contributed by atoms with Gasteiger partial charge in [0.25, 0.3) is 0 Å². The second-order valence-corrected chi connectivity index (χ2v) is 17.8. The van der Waals surface area contributed by atoms with E-state index in [2.05, 4.69) is 182 Å². The number of rotatable bonds is 9. The molecule has 2 aromatic heterocycles. The fourth-order valence-electron chi connectivity index (χ4n) is 11.1. The molecule has 0 amide bonds. The van der Waals surface area contributed by atoms with E-state index in [1.165, 1.54) is 35.1 Å². The van der Waals surface area contributed by atoms with Crippen LogP contribution in [-0.2, 0) is 5.41 Å². The smallest absolute Gasteiger partial charge is 0.164 e. The Labute approximate surface area is 392 Å². The third-order valence-electron chi connectivity index (χ3n) is 14.0. The van der Waals surface area contributed by atoms with E-state index in [4.69, 9.17) is 24.9 Å². The van der Waals surface area contributed by atoms with Crippen LogP contribution in [0.3, 0.4) is 0 Å². The third kappa shape index (κ3) is 7.33. The first kappa shape index (κ1) is 40.4. The Morgan fingerprint density at radius 2 is 0.761 bits per heavy atom. The summed E-state index contributed by atoms with van der Waals surface area (Å²) in [5.41, 5.74) is 15.0. The Morgan fingerprint density at radius 3 is 1.37 bits per heavy atom. The lowest BCUT2D eigenvalue weighted by Gasteiger charge is -2.41. The van der Waals surface area contributed by atoms with E-state index in [1.807, 2.05) is 42.5 Å². The predicted octanol–water partition coefficient (Wildman–Crippen LogP) is 15.0. The van der Waals surface area contributed by atoms with Crippen molar-refractivity contribution in [2.24, 2.45) is 5.92 Å². The summed E-state index contributed by atoms with van der Waals surface area (Å²) in [6, 6.07) is 79.5. The van der Waals surface area contributed by atoms with Crippen LogP contribution in [0.1, 0.15) is 53.9 Å². The monoisotopic (exact) mass is 861 g/mol. The second-order valence-electron chi connectivity index (χ2n) is 17.8. The molecular formula is C62H47N5. The Hall–Kier alpha value is -8.15. The molecule has 0 bridgehead atoms. The first-order valence-electron chi connectivity index (χ1n) is 23.5. The molecule has 1 saturated carbocycles. The first-order valence-corrected chi connectivity index (χ1v) is 23.5. The van der Waals surface area contributed by atoms with E-state index in [9.17, 15) is 0 Å². The summed E-state index contributed by atoms with van der Waals surface area (Å²) in [6.07, 6.45) is 4.73. The van der Waals surface area contributed by atoms with Crippen molar-refractivity contribution >= 4 is 0 Å². The molecular weight excluding hydrogens is 815 g/mol. The molecule has 1 fully saturated rings. The molecule has 10 aromatic rings. The summed E-state index contributed by atoms with van der Waals surface area (Å²) >= 11 is 0. The van der Waals surface area contributed by atoms with Gasteiger partial charge in [-0.25, -0.2) is 24.9 Å². The van der Waals surface area contributed by atoms with Crippen LogP contribution in [0.25, 0.3) is 79.2 Å². The van der Waals surface area contributed by atoms with Crippen molar-refractivity contribution in [1.29, 1.82) is 0 Å². The zero-order chi connectivity index (χ0) is 44.6. The molecule has 0 saturated heterocycles. The largest absolute Gasteiger partial charge is 0.228 e. The lowest BCUT2D eigenvalue weighted by molar-refractivity contribution is 0.262. The van der Waals surface area contributed by atoms with Crippen molar-refractivity contribution in [1.82, 2.24) is 24.9 Å². The topological polar surface area (TPSA) is 64.5 Å². The Bertz CT molecular complexity index is 3260. The molecule has 320 valence electrons. The normalized spacial score (nSPS) is 15.9. The minimum Gasteiger partial charge on any atom is -0.228 e. The second kappa shape index (κ2) is 17.3. The molecule has 0 N–H and O–H groups in total. The molecule has 0 radical (unpaired) electrons. The highest BCUT2D eigenvalue weighted by molar-refractivity contribution is 5.79. The minimum absolute atomic E-state index is 0.294. The maximum Gasteiger partial charge on any atom is 0.164 e. The standard InChI is InChI=1S/C62H47N5/c1-6-21-42(22-7-1)55-41-56(64-58(63-55)43-23-8-2-9-24-43)47-29-18-27-45(39-47)46-28-19-30-48(40-46)60-65-59(44-25-10-3-11-26-44)66-61(67-60)52-36-20-38-54-57(52)51-35-16-17-37-53(51)62(54,49-31-12-4-13-32-49)50-33-14-5-15-34-50/h1-15,18-34,36,38-41,51,53H,16-17,35,37H2. The van der Waals surface area contributed by atoms with Gasteiger partial charge in [-0.1, -0.05) is 219 Å². The van der Waals surface area contributed by atoms with Crippen molar-refractivity contribution in [3.63, 3.8) is 0 Å². The van der Waals surface area contributed by atoms with Gasteiger partial charge in [-0.15, -0.1) is 0 Å². The number of hydrogen-bond donors (Lipinski definition) is 0. The molecule has 2 aliphatic rings. The van der Waals surface area contributed by atoms with Crippen LogP contribution >= 0.6 is 0 Å². The maximum atomic E-state index is 5.45. The zero-order valence-corrected chi connectivity index (χ0v) is 37.1. The Balaban J connectivity index is 0.989. The van der Waals surface area contributed by atoms with Gasteiger partial charge in [0.2, 0.25) is 0 Å². The predicted molar refractivity (Wildman–Crippen MR) is 271 cm³/mol. The lowest BCUT2D eigenvalue weighted by atomic mass is 9.61. The van der Waals surface area contributed by atoms with E-state index in [1.54, 1.807) is 0 Å². The molecule has 2 aliphatic carbocycles. The van der Waals surface area contributed by atoms with E-state index in [0.29, 0.717) is 35.1 Å². The van der Waals surface area contributed by atoms with E-state index >= 15 is 0 Å². The minimum atomic E-state index is -0.294. The van der Waals surface area contributed by atoms with Gasteiger partial charge in [0.15, 0.2) is 23.3 Å². The van der Waals surface area contributed by atoms with Crippen LogP contribution < -0.4 is 0 Å². The van der Waals surface area contributed by atoms with Gasteiger partial charge in [0.1, 0.15) is 0 Å². The van der Waals surface area contributed by atoms with Gasteiger partial charge in [-0.05, 0) is 76.3 Å². The van der Waals surface area contributed by atoms with Crippen LogP contribution in [0.15, 0.2) is 224 Å². The van der Waals surface area contributed by atoms with Crippen LogP contribution in [0.2, 0.25) is 0 Å². The van der Waals surface area contributed by atoms with Crippen LogP contribution in [-0.4, -0.2) is 24.9 Å². The molecule has 0 aliphatic heterocycles. The van der Waals surface area contributed by atoms with Gasteiger partial charge >= 0.3 is 0 Å². The lowest BCUT2D eigenvalue weighted by Crippen LogP contribution is -2.36. The van der Waals surface area contributed by atoms with Gasteiger partial charge in [0, 0.05) is 38.8 Å². The summed E-state index contributed by atoms with van der Waals surface area (Å²) in [7, 11) is 0. The fraction of sp³-hybridized carbons (Fsp3) is 0.113. The molecule has 2 unspecified atom stereocenters. The summed E-state index contributed by atoms with van der Waals surface area (Å²) in [4.78, 5) is 26.2. The van der Waals surface area contributed by atoms with Crippen molar-refractivity contribution < 1.29 is 0 Å². The van der Waals surface area contributed by atoms with Crippen LogP contribution in [0, 0.1) is 5.92 Å².